The summed E-state index contributed by atoms with van der Waals surface area (Å²) in [5.74, 6) is -0.184. The van der Waals surface area contributed by atoms with Gasteiger partial charge >= 0.3 is 0 Å². The highest BCUT2D eigenvalue weighted by Crippen LogP contribution is 2.46. The quantitative estimate of drug-likeness (QED) is 0.876. The Morgan fingerprint density at radius 3 is 2.64 bits per heavy atom. The molecule has 3 heteroatoms. The van der Waals surface area contributed by atoms with Crippen LogP contribution in [0.3, 0.4) is 0 Å². The molecule has 114 valence electrons. The minimum atomic E-state index is -0.194. The first-order valence-electron chi connectivity index (χ1n) is 8.05. The molecule has 0 bridgehead atoms. The molecule has 1 saturated heterocycles. The van der Waals surface area contributed by atoms with E-state index in [1.54, 1.807) is 12.1 Å². The van der Waals surface area contributed by atoms with Gasteiger partial charge in [-0.05, 0) is 48.1 Å². The first-order valence-corrected chi connectivity index (χ1v) is 8.05. The highest BCUT2D eigenvalue weighted by molar-refractivity contribution is 5.46. The van der Waals surface area contributed by atoms with Gasteiger partial charge in [-0.15, -0.1) is 0 Å². The highest BCUT2D eigenvalue weighted by atomic mass is 19.1. The van der Waals surface area contributed by atoms with Crippen LogP contribution in [0.4, 0.5) is 4.39 Å². The number of benzene rings is 2. The lowest BCUT2D eigenvalue weighted by Crippen LogP contribution is -2.58. The number of halogens is 1. The molecular weight excluding hydrogens is 275 g/mol. The molecule has 2 aromatic carbocycles. The fourth-order valence-corrected chi connectivity index (χ4v) is 4.28. The summed E-state index contributed by atoms with van der Waals surface area (Å²) >= 11 is 0. The Morgan fingerprint density at radius 1 is 1.05 bits per heavy atom. The van der Waals surface area contributed by atoms with Crippen molar-refractivity contribution in [1.82, 2.24) is 4.90 Å². The first kappa shape index (κ1) is 13.9. The Bertz CT molecular complexity index is 682. The molecule has 4 rings (SSSR count). The summed E-state index contributed by atoms with van der Waals surface area (Å²) in [7, 11) is 0. The molecule has 0 aliphatic carbocycles. The van der Waals surface area contributed by atoms with Crippen LogP contribution in [-0.2, 0) is 12.0 Å². The molecule has 2 N–H and O–H groups in total. The topological polar surface area (TPSA) is 29.3 Å². The number of nitrogens with zero attached hydrogens (tertiary/aromatic N) is 1. The van der Waals surface area contributed by atoms with Crippen LogP contribution in [0, 0.1) is 5.82 Å². The van der Waals surface area contributed by atoms with Crippen molar-refractivity contribution < 1.29 is 4.39 Å². The molecule has 2 aromatic rings. The Kier molecular flexibility index (Phi) is 3.28. The zero-order valence-electron chi connectivity index (χ0n) is 12.6. The van der Waals surface area contributed by atoms with Gasteiger partial charge in [0, 0.05) is 19.1 Å². The maximum absolute atomic E-state index is 13.4. The minimum absolute atomic E-state index is 0.184. The van der Waals surface area contributed by atoms with E-state index in [1.807, 2.05) is 12.1 Å². The molecule has 0 amide bonds. The van der Waals surface area contributed by atoms with Gasteiger partial charge in [-0.25, -0.2) is 4.39 Å². The van der Waals surface area contributed by atoms with Gasteiger partial charge < -0.3 is 5.73 Å². The molecule has 2 atom stereocenters. The van der Waals surface area contributed by atoms with Crippen molar-refractivity contribution in [2.24, 2.45) is 5.73 Å². The van der Waals surface area contributed by atoms with E-state index in [4.69, 9.17) is 5.73 Å². The van der Waals surface area contributed by atoms with E-state index in [2.05, 4.69) is 29.2 Å². The lowest BCUT2D eigenvalue weighted by molar-refractivity contribution is 0.0574. The van der Waals surface area contributed by atoms with E-state index in [9.17, 15) is 4.39 Å². The molecular formula is C19H21FN2. The Morgan fingerprint density at radius 2 is 1.82 bits per heavy atom. The van der Waals surface area contributed by atoms with Crippen molar-refractivity contribution in [3.8, 4) is 0 Å². The van der Waals surface area contributed by atoms with Crippen molar-refractivity contribution in [2.45, 2.75) is 30.8 Å². The van der Waals surface area contributed by atoms with Crippen LogP contribution in [0.2, 0.25) is 0 Å². The molecule has 2 nitrogen and oxygen atoms in total. The van der Waals surface area contributed by atoms with Crippen LogP contribution in [0.15, 0.2) is 48.5 Å². The smallest absolute Gasteiger partial charge is 0.123 e. The van der Waals surface area contributed by atoms with Gasteiger partial charge in [-0.2, -0.15) is 0 Å². The van der Waals surface area contributed by atoms with Crippen LogP contribution in [-0.4, -0.2) is 24.0 Å². The number of piperidine rings is 1. The van der Waals surface area contributed by atoms with E-state index in [0.717, 1.165) is 37.9 Å². The van der Waals surface area contributed by atoms with E-state index in [1.165, 1.54) is 11.1 Å². The van der Waals surface area contributed by atoms with Gasteiger partial charge in [0.25, 0.3) is 0 Å². The lowest BCUT2D eigenvalue weighted by atomic mass is 9.70. The molecule has 1 fully saturated rings. The van der Waals surface area contributed by atoms with Gasteiger partial charge in [0.2, 0.25) is 0 Å². The molecule has 2 unspecified atom stereocenters. The monoisotopic (exact) mass is 296 g/mol. The zero-order valence-corrected chi connectivity index (χ0v) is 12.6. The van der Waals surface area contributed by atoms with Gasteiger partial charge in [0.05, 0.1) is 5.54 Å². The number of hydrogen-bond donors (Lipinski definition) is 1. The average Bonchev–Trinajstić information content (AvgIpc) is 2.55. The Labute approximate surface area is 130 Å². The van der Waals surface area contributed by atoms with Crippen molar-refractivity contribution in [3.63, 3.8) is 0 Å². The van der Waals surface area contributed by atoms with Crippen LogP contribution in [0.25, 0.3) is 0 Å². The van der Waals surface area contributed by atoms with Crippen LogP contribution >= 0.6 is 0 Å². The molecule has 0 aromatic heterocycles. The van der Waals surface area contributed by atoms with Crippen molar-refractivity contribution >= 4 is 0 Å². The standard InChI is InChI=1S/C19H21FN2/c20-16-7-5-15(6-8-16)19-13-17(21)10-12-22(19)11-9-14-3-1-2-4-18(14)19/h1-8,17H,9-13,21H2. The average molecular weight is 296 g/mol. The predicted octanol–water partition coefficient (Wildman–Crippen LogP) is 3.05. The molecule has 22 heavy (non-hydrogen) atoms. The van der Waals surface area contributed by atoms with E-state index in [-0.39, 0.29) is 17.4 Å². The second-order valence-electron chi connectivity index (χ2n) is 6.51. The Balaban J connectivity index is 1.94. The zero-order chi connectivity index (χ0) is 15.2. The van der Waals surface area contributed by atoms with Crippen LogP contribution < -0.4 is 5.73 Å². The van der Waals surface area contributed by atoms with Crippen molar-refractivity contribution in [3.05, 3.63) is 71.0 Å². The van der Waals surface area contributed by atoms with Crippen LogP contribution in [0.1, 0.15) is 29.5 Å². The summed E-state index contributed by atoms with van der Waals surface area (Å²) in [6, 6.07) is 15.8. The number of hydrogen-bond acceptors (Lipinski definition) is 2. The normalized spacial score (nSPS) is 28.0. The second-order valence-corrected chi connectivity index (χ2v) is 6.51. The summed E-state index contributed by atoms with van der Waals surface area (Å²) in [5, 5.41) is 0. The molecule has 0 spiro atoms. The third kappa shape index (κ3) is 2.00. The minimum Gasteiger partial charge on any atom is -0.328 e. The summed E-state index contributed by atoms with van der Waals surface area (Å²) in [6.45, 7) is 2.05. The van der Waals surface area contributed by atoms with Crippen LogP contribution in [0.5, 0.6) is 0 Å². The van der Waals surface area contributed by atoms with E-state index >= 15 is 0 Å². The summed E-state index contributed by atoms with van der Waals surface area (Å²) in [5.41, 5.74) is 10.1. The maximum Gasteiger partial charge on any atom is 0.123 e. The molecule has 0 saturated carbocycles. The lowest BCUT2D eigenvalue weighted by Gasteiger charge is -2.53. The Hall–Kier alpha value is -1.71. The summed E-state index contributed by atoms with van der Waals surface area (Å²) < 4.78 is 13.4. The largest absolute Gasteiger partial charge is 0.328 e. The summed E-state index contributed by atoms with van der Waals surface area (Å²) in [6.07, 6.45) is 3.01. The third-order valence-corrected chi connectivity index (χ3v) is 5.30. The fraction of sp³-hybridized carbons (Fsp3) is 0.368. The fourth-order valence-electron chi connectivity index (χ4n) is 4.28. The van der Waals surface area contributed by atoms with Gasteiger partial charge in [0.1, 0.15) is 5.82 Å². The number of fused-ring (bicyclic) bond motifs is 3. The number of nitrogens with two attached hydrogens (primary N) is 1. The third-order valence-electron chi connectivity index (χ3n) is 5.30. The predicted molar refractivity (Wildman–Crippen MR) is 86.1 cm³/mol. The first-order chi connectivity index (χ1) is 10.7. The number of rotatable bonds is 1. The van der Waals surface area contributed by atoms with E-state index < -0.39 is 0 Å². The van der Waals surface area contributed by atoms with Gasteiger partial charge in [-0.1, -0.05) is 36.4 Å². The van der Waals surface area contributed by atoms with Crippen molar-refractivity contribution in [2.75, 3.05) is 13.1 Å². The highest BCUT2D eigenvalue weighted by Gasteiger charge is 2.47. The SMILES string of the molecule is NC1CCN2CCc3ccccc3C2(c2ccc(F)cc2)C1. The second kappa shape index (κ2) is 5.18. The molecule has 2 aliphatic heterocycles. The summed E-state index contributed by atoms with van der Waals surface area (Å²) in [4.78, 5) is 2.55. The maximum atomic E-state index is 13.4. The van der Waals surface area contributed by atoms with E-state index in [0.29, 0.717) is 0 Å². The van der Waals surface area contributed by atoms with Gasteiger partial charge in [0.15, 0.2) is 0 Å². The molecule has 0 radical (unpaired) electrons. The van der Waals surface area contributed by atoms with Crippen molar-refractivity contribution in [1.29, 1.82) is 0 Å². The molecule has 2 aliphatic rings. The molecule has 2 heterocycles. The van der Waals surface area contributed by atoms with Gasteiger partial charge in [-0.3, -0.25) is 4.90 Å².